The molecule has 0 heterocycles. The van der Waals surface area contributed by atoms with Gasteiger partial charge in [0.15, 0.2) is 5.78 Å². The van der Waals surface area contributed by atoms with E-state index in [1.54, 1.807) is 0 Å². The number of nitrogens with two attached hydrogens (primary N) is 1. The molecule has 0 spiro atoms. The lowest BCUT2D eigenvalue weighted by atomic mass is 9.98. The molecule has 3 nitrogen and oxygen atoms in total. The number of carbonyl (C=O) groups is 1. The zero-order valence-corrected chi connectivity index (χ0v) is 10.4. The molecule has 3 heteroatoms. The van der Waals surface area contributed by atoms with Gasteiger partial charge in [-0.1, -0.05) is 29.3 Å². The Labute approximate surface area is 102 Å². The number of benzene rings is 1. The smallest absolute Gasteiger partial charge is 0.150 e. The van der Waals surface area contributed by atoms with Crippen molar-refractivity contribution in [2.75, 3.05) is 0 Å². The molecular weight excluding hydrogens is 212 g/mol. The summed E-state index contributed by atoms with van der Waals surface area (Å²) in [5.74, 6) is -0.0364. The summed E-state index contributed by atoms with van der Waals surface area (Å²) >= 11 is 0. The largest absolute Gasteiger partial charge is 0.321 e. The number of hydrogen-bond acceptors (Lipinski definition) is 3. The van der Waals surface area contributed by atoms with Gasteiger partial charge in [-0.05, 0) is 25.8 Å². The van der Waals surface area contributed by atoms with Crippen molar-refractivity contribution in [1.82, 2.24) is 0 Å². The zero-order chi connectivity index (χ0) is 12.8. The van der Waals surface area contributed by atoms with Crippen LogP contribution in [0.1, 0.15) is 29.5 Å². The van der Waals surface area contributed by atoms with E-state index in [2.05, 4.69) is 6.07 Å². The third-order valence-corrected chi connectivity index (χ3v) is 2.63. The summed E-state index contributed by atoms with van der Waals surface area (Å²) in [4.78, 5) is 11.6. The fourth-order valence-corrected chi connectivity index (χ4v) is 1.92. The highest BCUT2D eigenvalue weighted by atomic mass is 16.1. The van der Waals surface area contributed by atoms with Crippen molar-refractivity contribution in [3.63, 3.8) is 0 Å². The first-order valence-corrected chi connectivity index (χ1v) is 5.75. The molecule has 1 atom stereocenters. The fraction of sp³-hybridized carbons (Fsp3) is 0.429. The second-order valence-corrected chi connectivity index (χ2v) is 4.43. The molecule has 0 aliphatic rings. The third kappa shape index (κ3) is 4.38. The Hall–Kier alpha value is -1.66. The van der Waals surface area contributed by atoms with Gasteiger partial charge >= 0.3 is 0 Å². The van der Waals surface area contributed by atoms with Gasteiger partial charge in [-0.25, -0.2) is 0 Å². The molecule has 17 heavy (non-hydrogen) atoms. The average Bonchev–Trinajstić information content (AvgIpc) is 2.24. The van der Waals surface area contributed by atoms with Gasteiger partial charge in [-0.3, -0.25) is 4.79 Å². The quantitative estimate of drug-likeness (QED) is 0.841. The minimum Gasteiger partial charge on any atom is -0.321 e. The van der Waals surface area contributed by atoms with Gasteiger partial charge in [0.05, 0.1) is 12.1 Å². The number of carbonyl (C=O) groups excluding carboxylic acids is 1. The molecule has 1 rings (SSSR count). The maximum absolute atomic E-state index is 11.6. The summed E-state index contributed by atoms with van der Waals surface area (Å²) in [5, 5.41) is 8.42. The fourth-order valence-electron chi connectivity index (χ4n) is 1.92. The van der Waals surface area contributed by atoms with Crippen LogP contribution >= 0.6 is 0 Å². The maximum atomic E-state index is 11.6. The van der Waals surface area contributed by atoms with Crippen LogP contribution in [0.5, 0.6) is 0 Å². The van der Waals surface area contributed by atoms with Gasteiger partial charge in [0, 0.05) is 12.8 Å². The molecule has 0 aromatic heterocycles. The van der Waals surface area contributed by atoms with Crippen molar-refractivity contribution in [2.45, 2.75) is 39.2 Å². The SMILES string of the molecule is Cc1cc(C)cc(C[C@H](N)C(=O)CCC#N)c1. The van der Waals surface area contributed by atoms with Crippen molar-refractivity contribution < 1.29 is 4.79 Å². The highest BCUT2D eigenvalue weighted by molar-refractivity contribution is 5.84. The Morgan fingerprint density at radius 3 is 2.47 bits per heavy atom. The van der Waals surface area contributed by atoms with Crippen LogP contribution in [0.3, 0.4) is 0 Å². The molecule has 0 aliphatic carbocycles. The van der Waals surface area contributed by atoms with Crippen LogP contribution in [0.2, 0.25) is 0 Å². The van der Waals surface area contributed by atoms with Crippen LogP contribution < -0.4 is 5.73 Å². The minimum atomic E-state index is -0.496. The van der Waals surface area contributed by atoms with E-state index < -0.39 is 6.04 Å². The predicted molar refractivity (Wildman–Crippen MR) is 67.4 cm³/mol. The Kier molecular flexibility index (Phi) is 4.86. The van der Waals surface area contributed by atoms with Crippen molar-refractivity contribution in [2.24, 2.45) is 5.73 Å². The van der Waals surface area contributed by atoms with E-state index in [4.69, 9.17) is 11.0 Å². The Morgan fingerprint density at radius 1 is 1.35 bits per heavy atom. The van der Waals surface area contributed by atoms with E-state index in [0.717, 1.165) is 5.56 Å². The number of nitriles is 1. The average molecular weight is 230 g/mol. The van der Waals surface area contributed by atoms with Crippen LogP contribution in [0, 0.1) is 25.2 Å². The summed E-state index contributed by atoms with van der Waals surface area (Å²) in [7, 11) is 0. The molecule has 1 aromatic rings. The summed E-state index contributed by atoms with van der Waals surface area (Å²) in [6.07, 6.45) is 1.05. The van der Waals surface area contributed by atoms with Crippen LogP contribution in [-0.4, -0.2) is 11.8 Å². The number of rotatable bonds is 5. The predicted octanol–water partition coefficient (Wildman–Crippen LogP) is 2.05. The van der Waals surface area contributed by atoms with Crippen LogP contribution in [0.25, 0.3) is 0 Å². The van der Waals surface area contributed by atoms with Gasteiger partial charge in [0.2, 0.25) is 0 Å². The highest BCUT2D eigenvalue weighted by Crippen LogP contribution is 2.11. The molecule has 0 aliphatic heterocycles. The van der Waals surface area contributed by atoms with E-state index in [1.165, 1.54) is 11.1 Å². The molecule has 90 valence electrons. The Morgan fingerprint density at radius 2 is 1.94 bits per heavy atom. The van der Waals surface area contributed by atoms with Gasteiger partial charge in [0.25, 0.3) is 0 Å². The summed E-state index contributed by atoms with van der Waals surface area (Å²) in [6.45, 7) is 4.05. The first kappa shape index (κ1) is 13.4. The van der Waals surface area contributed by atoms with E-state index in [1.807, 2.05) is 32.0 Å². The van der Waals surface area contributed by atoms with Gasteiger partial charge < -0.3 is 5.73 Å². The molecule has 0 bridgehead atoms. The molecule has 0 unspecified atom stereocenters. The van der Waals surface area contributed by atoms with Gasteiger partial charge in [0.1, 0.15) is 0 Å². The van der Waals surface area contributed by atoms with Crippen molar-refractivity contribution in [3.8, 4) is 6.07 Å². The monoisotopic (exact) mass is 230 g/mol. The molecule has 0 amide bonds. The van der Waals surface area contributed by atoms with Crippen LogP contribution in [-0.2, 0) is 11.2 Å². The number of aryl methyl sites for hydroxylation is 2. The van der Waals surface area contributed by atoms with Crippen molar-refractivity contribution in [3.05, 3.63) is 34.9 Å². The summed E-state index contributed by atoms with van der Waals surface area (Å²) < 4.78 is 0. The summed E-state index contributed by atoms with van der Waals surface area (Å²) in [5.41, 5.74) is 9.27. The molecule has 0 fully saturated rings. The van der Waals surface area contributed by atoms with Crippen molar-refractivity contribution >= 4 is 5.78 Å². The first-order valence-electron chi connectivity index (χ1n) is 5.75. The summed E-state index contributed by atoms with van der Waals surface area (Å²) in [6, 6.07) is 7.65. The van der Waals surface area contributed by atoms with Crippen LogP contribution in [0.15, 0.2) is 18.2 Å². The second-order valence-electron chi connectivity index (χ2n) is 4.43. The first-order chi connectivity index (χ1) is 8.02. The third-order valence-electron chi connectivity index (χ3n) is 2.63. The maximum Gasteiger partial charge on any atom is 0.150 e. The lowest BCUT2D eigenvalue weighted by molar-refractivity contribution is -0.120. The van der Waals surface area contributed by atoms with Gasteiger partial charge in [-0.15, -0.1) is 0 Å². The molecule has 0 saturated heterocycles. The molecule has 2 N–H and O–H groups in total. The molecule has 0 saturated carbocycles. The lowest BCUT2D eigenvalue weighted by Gasteiger charge is -2.11. The topological polar surface area (TPSA) is 66.9 Å². The number of Topliss-reactive ketones (excluding diaryl/α,β-unsaturated/α-hetero) is 1. The van der Waals surface area contributed by atoms with Crippen LogP contribution in [0.4, 0.5) is 0 Å². The standard InChI is InChI=1S/C14H18N2O/c1-10-6-11(2)8-12(7-10)9-13(16)14(17)4-3-5-15/h6-8,13H,3-4,9,16H2,1-2H3/t13-/m0/s1. The van der Waals surface area contributed by atoms with E-state index in [0.29, 0.717) is 6.42 Å². The van der Waals surface area contributed by atoms with E-state index >= 15 is 0 Å². The highest BCUT2D eigenvalue weighted by Gasteiger charge is 2.13. The molecule has 1 aromatic carbocycles. The molecular formula is C14H18N2O. The Bertz CT molecular complexity index is 426. The lowest BCUT2D eigenvalue weighted by Crippen LogP contribution is -2.32. The normalized spacial score (nSPS) is 11.9. The van der Waals surface area contributed by atoms with Gasteiger partial charge in [-0.2, -0.15) is 5.26 Å². The zero-order valence-electron chi connectivity index (χ0n) is 10.4. The number of ketones is 1. The van der Waals surface area contributed by atoms with E-state index in [9.17, 15) is 4.79 Å². The Balaban J connectivity index is 2.64. The van der Waals surface area contributed by atoms with Crippen molar-refractivity contribution in [1.29, 1.82) is 5.26 Å². The number of hydrogen-bond donors (Lipinski definition) is 1. The molecule has 0 radical (unpaired) electrons. The van der Waals surface area contributed by atoms with E-state index in [-0.39, 0.29) is 18.6 Å². The number of nitrogens with zero attached hydrogens (tertiary/aromatic N) is 1. The second kappa shape index (κ2) is 6.17. The minimum absolute atomic E-state index is 0.0364.